The van der Waals surface area contributed by atoms with Crippen molar-refractivity contribution in [2.24, 2.45) is 0 Å². The summed E-state index contributed by atoms with van der Waals surface area (Å²) in [6, 6.07) is 5.34. The molecule has 0 spiro atoms. The summed E-state index contributed by atoms with van der Waals surface area (Å²) in [6.07, 6.45) is 0.680. The first-order valence-electron chi connectivity index (χ1n) is 9.51. The second kappa shape index (κ2) is 7.62. The molecule has 6 nitrogen and oxygen atoms in total. The van der Waals surface area contributed by atoms with E-state index in [1.165, 1.54) is 0 Å². The van der Waals surface area contributed by atoms with Crippen molar-refractivity contribution in [1.82, 2.24) is 9.88 Å². The summed E-state index contributed by atoms with van der Waals surface area (Å²) in [6.45, 7) is 12.2. The summed E-state index contributed by atoms with van der Waals surface area (Å²) in [7, 11) is 0. The lowest BCUT2D eigenvalue weighted by atomic mass is 9.97. The molecule has 27 heavy (non-hydrogen) atoms. The summed E-state index contributed by atoms with van der Waals surface area (Å²) in [5, 5.41) is 0. The first-order valence-corrected chi connectivity index (χ1v) is 9.51. The van der Waals surface area contributed by atoms with Crippen LogP contribution in [-0.2, 0) is 18.4 Å². The molecule has 2 aromatic rings. The molecule has 0 atom stereocenters. The molecule has 0 N–H and O–H groups in total. The Balaban J connectivity index is 1.80. The molecule has 0 fully saturated rings. The van der Waals surface area contributed by atoms with Crippen LogP contribution >= 0.6 is 0 Å². The fourth-order valence-corrected chi connectivity index (χ4v) is 3.06. The van der Waals surface area contributed by atoms with E-state index in [2.05, 4.69) is 25.8 Å². The zero-order valence-corrected chi connectivity index (χ0v) is 16.8. The van der Waals surface area contributed by atoms with Gasteiger partial charge in [-0.25, -0.2) is 4.98 Å². The Morgan fingerprint density at radius 2 is 1.89 bits per heavy atom. The molecule has 0 radical (unpaired) electrons. The lowest BCUT2D eigenvalue weighted by molar-refractivity contribution is 0.0727. The van der Waals surface area contributed by atoms with Crippen molar-refractivity contribution in [3.8, 4) is 11.5 Å². The van der Waals surface area contributed by atoms with Crippen molar-refractivity contribution < 1.29 is 18.7 Å². The molecule has 1 aliphatic heterocycles. The van der Waals surface area contributed by atoms with Crippen molar-refractivity contribution in [2.45, 2.75) is 53.0 Å². The SMILES string of the molecule is CCOc1ccc(C(=O)N2CCc3oc(C(C)(C)C)nc3C2)cc1OCC. The van der Waals surface area contributed by atoms with E-state index >= 15 is 0 Å². The third kappa shape index (κ3) is 4.10. The van der Waals surface area contributed by atoms with Gasteiger partial charge in [-0.1, -0.05) is 20.8 Å². The Morgan fingerprint density at radius 1 is 1.19 bits per heavy atom. The van der Waals surface area contributed by atoms with Gasteiger partial charge in [-0.05, 0) is 32.0 Å². The van der Waals surface area contributed by atoms with Crippen molar-refractivity contribution in [3.63, 3.8) is 0 Å². The first kappa shape index (κ1) is 19.3. The van der Waals surface area contributed by atoms with Crippen molar-refractivity contribution in [2.75, 3.05) is 19.8 Å². The van der Waals surface area contributed by atoms with E-state index < -0.39 is 0 Å². The number of carbonyl (C=O) groups excluding carboxylic acids is 1. The van der Waals surface area contributed by atoms with E-state index in [1.807, 2.05) is 18.7 Å². The van der Waals surface area contributed by atoms with E-state index in [0.717, 1.165) is 17.3 Å². The minimum atomic E-state index is -0.145. The van der Waals surface area contributed by atoms with Crippen LogP contribution in [0.15, 0.2) is 22.6 Å². The van der Waals surface area contributed by atoms with Crippen LogP contribution in [0.2, 0.25) is 0 Å². The number of fused-ring (bicyclic) bond motifs is 1. The van der Waals surface area contributed by atoms with Gasteiger partial charge in [0.1, 0.15) is 11.5 Å². The molecule has 0 unspecified atom stereocenters. The smallest absolute Gasteiger partial charge is 0.254 e. The second-order valence-electron chi connectivity index (χ2n) is 7.64. The highest BCUT2D eigenvalue weighted by molar-refractivity contribution is 5.95. The van der Waals surface area contributed by atoms with Crippen LogP contribution in [0.1, 0.15) is 62.3 Å². The summed E-state index contributed by atoms with van der Waals surface area (Å²) in [4.78, 5) is 19.4. The largest absolute Gasteiger partial charge is 0.490 e. The Morgan fingerprint density at radius 3 is 2.56 bits per heavy atom. The highest BCUT2D eigenvalue weighted by atomic mass is 16.5. The van der Waals surface area contributed by atoms with E-state index in [4.69, 9.17) is 13.9 Å². The molecular weight excluding hydrogens is 344 g/mol. The number of oxazole rings is 1. The number of aromatic nitrogens is 1. The van der Waals surface area contributed by atoms with E-state index in [-0.39, 0.29) is 11.3 Å². The number of ether oxygens (including phenoxy) is 2. The van der Waals surface area contributed by atoms with Gasteiger partial charge in [0.05, 0.1) is 19.8 Å². The van der Waals surface area contributed by atoms with E-state index in [9.17, 15) is 4.79 Å². The maximum Gasteiger partial charge on any atom is 0.254 e. The summed E-state index contributed by atoms with van der Waals surface area (Å²) < 4.78 is 17.1. The summed E-state index contributed by atoms with van der Waals surface area (Å²) in [5.74, 6) is 2.83. The van der Waals surface area contributed by atoms with Gasteiger partial charge in [0.25, 0.3) is 5.91 Å². The maximum absolute atomic E-state index is 13.0. The molecule has 1 aliphatic rings. The zero-order valence-electron chi connectivity index (χ0n) is 16.8. The Hall–Kier alpha value is -2.50. The summed E-state index contributed by atoms with van der Waals surface area (Å²) in [5.41, 5.74) is 1.30. The molecule has 146 valence electrons. The van der Waals surface area contributed by atoms with Crippen molar-refractivity contribution in [1.29, 1.82) is 0 Å². The number of rotatable bonds is 5. The highest BCUT2D eigenvalue weighted by Gasteiger charge is 2.29. The topological polar surface area (TPSA) is 64.8 Å². The van der Waals surface area contributed by atoms with Crippen molar-refractivity contribution >= 4 is 5.91 Å². The molecule has 1 amide bonds. The fourth-order valence-electron chi connectivity index (χ4n) is 3.06. The third-order valence-electron chi connectivity index (χ3n) is 4.45. The van der Waals surface area contributed by atoms with Crippen molar-refractivity contribution in [3.05, 3.63) is 41.1 Å². The zero-order chi connectivity index (χ0) is 19.6. The van der Waals surface area contributed by atoms with Gasteiger partial charge in [0.2, 0.25) is 0 Å². The highest BCUT2D eigenvalue weighted by Crippen LogP contribution is 2.31. The molecule has 1 aromatic heterocycles. The van der Waals surface area contributed by atoms with Gasteiger partial charge < -0.3 is 18.8 Å². The molecule has 6 heteroatoms. The molecule has 3 rings (SSSR count). The van der Waals surface area contributed by atoms with Gasteiger partial charge in [-0.2, -0.15) is 0 Å². The number of amides is 1. The van der Waals surface area contributed by atoms with Gasteiger partial charge in [0.15, 0.2) is 17.4 Å². The average Bonchev–Trinajstić information content (AvgIpc) is 3.06. The van der Waals surface area contributed by atoms with Gasteiger partial charge in [-0.15, -0.1) is 0 Å². The lowest BCUT2D eigenvalue weighted by Gasteiger charge is -2.25. The van der Waals surface area contributed by atoms with Crippen LogP contribution in [0.5, 0.6) is 11.5 Å². The predicted octanol–water partition coefficient (Wildman–Crippen LogP) is 3.97. The number of benzene rings is 1. The number of hydrogen-bond acceptors (Lipinski definition) is 5. The average molecular weight is 372 g/mol. The Labute approximate surface area is 160 Å². The third-order valence-corrected chi connectivity index (χ3v) is 4.45. The molecule has 2 heterocycles. The monoisotopic (exact) mass is 372 g/mol. The minimum Gasteiger partial charge on any atom is -0.490 e. The van der Waals surface area contributed by atoms with Crippen LogP contribution < -0.4 is 9.47 Å². The van der Waals surface area contributed by atoms with Crippen LogP contribution in [-0.4, -0.2) is 35.5 Å². The Bertz CT molecular complexity index is 820. The number of nitrogens with zero attached hydrogens (tertiary/aromatic N) is 2. The molecule has 0 saturated heterocycles. The van der Waals surface area contributed by atoms with Gasteiger partial charge in [-0.3, -0.25) is 4.79 Å². The van der Waals surface area contributed by atoms with E-state index in [0.29, 0.717) is 49.8 Å². The maximum atomic E-state index is 13.0. The molecule has 0 bridgehead atoms. The van der Waals surface area contributed by atoms with Crippen LogP contribution in [0, 0.1) is 0 Å². The quantitative estimate of drug-likeness (QED) is 0.795. The lowest BCUT2D eigenvalue weighted by Crippen LogP contribution is -2.35. The molecular formula is C21H28N2O4. The minimum absolute atomic E-state index is 0.0371. The normalized spacial score (nSPS) is 14.0. The number of carbonyl (C=O) groups is 1. The van der Waals surface area contributed by atoms with Gasteiger partial charge >= 0.3 is 0 Å². The Kier molecular flexibility index (Phi) is 5.44. The second-order valence-corrected chi connectivity index (χ2v) is 7.64. The summed E-state index contributed by atoms with van der Waals surface area (Å²) >= 11 is 0. The first-order chi connectivity index (χ1) is 12.8. The predicted molar refractivity (Wildman–Crippen MR) is 102 cm³/mol. The van der Waals surface area contributed by atoms with Crippen LogP contribution in [0.25, 0.3) is 0 Å². The van der Waals surface area contributed by atoms with E-state index in [1.54, 1.807) is 18.2 Å². The van der Waals surface area contributed by atoms with Crippen LogP contribution in [0.4, 0.5) is 0 Å². The molecule has 0 aliphatic carbocycles. The fraction of sp³-hybridized carbons (Fsp3) is 0.524. The number of hydrogen-bond donors (Lipinski definition) is 0. The molecule has 1 aromatic carbocycles. The standard InChI is InChI=1S/C21H28N2O4/c1-6-25-17-9-8-14(12-18(17)26-7-2)19(24)23-11-10-16-15(13-23)22-20(27-16)21(3,4)5/h8-9,12H,6-7,10-11,13H2,1-5H3. The molecule has 0 saturated carbocycles. The van der Waals surface area contributed by atoms with Gasteiger partial charge in [0, 0.05) is 23.9 Å². The van der Waals surface area contributed by atoms with Crippen LogP contribution in [0.3, 0.4) is 0 Å².